The topological polar surface area (TPSA) is 74.0 Å². The van der Waals surface area contributed by atoms with Crippen molar-refractivity contribution in [3.8, 4) is 11.4 Å². The maximum atomic E-state index is 4.86. The first-order chi connectivity index (χ1) is 12.3. The molecule has 7 heteroatoms. The standard InChI is InChI=1S/C18H14N6O/c1-12-4-3-8-23-10-13(20-17(12)23)11-24-9-7-19-18(24)14-5-2-6-15-16(14)22-25-21-15/h2-10H,11H2,1H3. The maximum absolute atomic E-state index is 4.86. The fourth-order valence-corrected chi connectivity index (χ4v) is 3.12. The summed E-state index contributed by atoms with van der Waals surface area (Å²) in [4.78, 5) is 9.24. The summed E-state index contributed by atoms with van der Waals surface area (Å²) < 4.78 is 8.96. The number of hydrogen-bond donors (Lipinski definition) is 0. The van der Waals surface area contributed by atoms with Gasteiger partial charge in [0.25, 0.3) is 0 Å². The third kappa shape index (κ3) is 2.20. The Kier molecular flexibility index (Phi) is 2.93. The highest BCUT2D eigenvalue weighted by atomic mass is 16.6. The van der Waals surface area contributed by atoms with Crippen molar-refractivity contribution in [2.45, 2.75) is 13.5 Å². The second-order valence-electron chi connectivity index (χ2n) is 5.97. The summed E-state index contributed by atoms with van der Waals surface area (Å²) in [7, 11) is 0. The van der Waals surface area contributed by atoms with Crippen LogP contribution in [0.1, 0.15) is 11.3 Å². The predicted molar refractivity (Wildman–Crippen MR) is 92.1 cm³/mol. The van der Waals surface area contributed by atoms with Crippen molar-refractivity contribution in [1.82, 2.24) is 29.2 Å². The zero-order valence-corrected chi connectivity index (χ0v) is 13.5. The minimum Gasteiger partial charge on any atom is -0.325 e. The van der Waals surface area contributed by atoms with Gasteiger partial charge >= 0.3 is 0 Å². The SMILES string of the molecule is Cc1cccn2cc(Cn3ccnc3-c3cccc4nonc34)nc12. The van der Waals surface area contributed by atoms with Gasteiger partial charge in [-0.05, 0) is 41.0 Å². The van der Waals surface area contributed by atoms with Crippen LogP contribution in [-0.4, -0.2) is 29.2 Å². The quantitative estimate of drug-likeness (QED) is 0.508. The Morgan fingerprint density at radius 1 is 1.08 bits per heavy atom. The summed E-state index contributed by atoms with van der Waals surface area (Å²) in [6.45, 7) is 2.69. The van der Waals surface area contributed by atoms with Crippen LogP contribution in [0.2, 0.25) is 0 Å². The van der Waals surface area contributed by atoms with E-state index in [0.717, 1.165) is 33.8 Å². The molecule has 0 saturated heterocycles. The van der Waals surface area contributed by atoms with Gasteiger partial charge in [0.2, 0.25) is 0 Å². The van der Waals surface area contributed by atoms with Gasteiger partial charge in [-0.1, -0.05) is 12.1 Å². The van der Waals surface area contributed by atoms with Gasteiger partial charge in [-0.2, -0.15) is 0 Å². The van der Waals surface area contributed by atoms with Gasteiger partial charge in [0.15, 0.2) is 0 Å². The Labute approximate surface area is 142 Å². The number of aryl methyl sites for hydroxylation is 1. The molecule has 0 aliphatic carbocycles. The molecule has 0 aliphatic heterocycles. The van der Waals surface area contributed by atoms with E-state index in [2.05, 4.69) is 32.9 Å². The van der Waals surface area contributed by atoms with E-state index >= 15 is 0 Å². The number of fused-ring (bicyclic) bond motifs is 2. The Balaban J connectivity index is 1.59. The summed E-state index contributed by atoms with van der Waals surface area (Å²) in [5, 5.41) is 7.91. The second kappa shape index (κ2) is 5.27. The maximum Gasteiger partial charge on any atom is 0.146 e. The van der Waals surface area contributed by atoms with Crippen LogP contribution in [0.5, 0.6) is 0 Å². The van der Waals surface area contributed by atoms with Crippen molar-refractivity contribution in [2.75, 3.05) is 0 Å². The van der Waals surface area contributed by atoms with E-state index in [9.17, 15) is 0 Å². The van der Waals surface area contributed by atoms with E-state index in [1.54, 1.807) is 6.20 Å². The van der Waals surface area contributed by atoms with Crippen LogP contribution >= 0.6 is 0 Å². The van der Waals surface area contributed by atoms with E-state index in [0.29, 0.717) is 12.1 Å². The molecule has 1 aromatic carbocycles. The lowest BCUT2D eigenvalue weighted by Gasteiger charge is -2.06. The molecule has 25 heavy (non-hydrogen) atoms. The molecule has 0 aliphatic rings. The van der Waals surface area contributed by atoms with Gasteiger partial charge in [-0.25, -0.2) is 14.6 Å². The number of imidazole rings is 2. The van der Waals surface area contributed by atoms with Gasteiger partial charge in [0.05, 0.1) is 12.2 Å². The molecule has 7 nitrogen and oxygen atoms in total. The highest BCUT2D eigenvalue weighted by Crippen LogP contribution is 2.25. The molecule has 0 unspecified atom stereocenters. The molecule has 5 aromatic rings. The molecule has 0 bridgehead atoms. The molecule has 4 aromatic heterocycles. The lowest BCUT2D eigenvalue weighted by Crippen LogP contribution is -2.01. The number of pyridine rings is 1. The van der Waals surface area contributed by atoms with Gasteiger partial charge in [0, 0.05) is 30.4 Å². The summed E-state index contributed by atoms with van der Waals surface area (Å²) in [5.74, 6) is 0.815. The minimum absolute atomic E-state index is 0.623. The molecular weight excluding hydrogens is 316 g/mol. The molecule has 0 N–H and O–H groups in total. The predicted octanol–water partition coefficient (Wildman–Crippen LogP) is 3.09. The zero-order valence-electron chi connectivity index (χ0n) is 13.5. The van der Waals surface area contributed by atoms with Crippen molar-refractivity contribution in [3.05, 3.63) is 66.4 Å². The molecule has 0 radical (unpaired) electrons. The van der Waals surface area contributed by atoms with E-state index in [1.165, 1.54) is 0 Å². The van der Waals surface area contributed by atoms with Gasteiger partial charge in [0.1, 0.15) is 22.5 Å². The van der Waals surface area contributed by atoms with E-state index < -0.39 is 0 Å². The third-order valence-electron chi connectivity index (χ3n) is 4.30. The largest absolute Gasteiger partial charge is 0.325 e. The molecular formula is C18H14N6O. The Bertz CT molecular complexity index is 1200. The van der Waals surface area contributed by atoms with Crippen molar-refractivity contribution in [2.24, 2.45) is 0 Å². The van der Waals surface area contributed by atoms with Crippen LogP contribution in [0.25, 0.3) is 28.1 Å². The molecule has 0 fully saturated rings. The van der Waals surface area contributed by atoms with Crippen LogP contribution in [-0.2, 0) is 6.54 Å². The minimum atomic E-state index is 0.623. The lowest BCUT2D eigenvalue weighted by atomic mass is 10.1. The first-order valence-corrected chi connectivity index (χ1v) is 7.95. The summed E-state index contributed by atoms with van der Waals surface area (Å²) >= 11 is 0. The Morgan fingerprint density at radius 3 is 2.96 bits per heavy atom. The fourth-order valence-electron chi connectivity index (χ4n) is 3.12. The lowest BCUT2D eigenvalue weighted by molar-refractivity contribution is 0.315. The molecule has 0 amide bonds. The number of hydrogen-bond acceptors (Lipinski definition) is 5. The molecule has 122 valence electrons. The van der Waals surface area contributed by atoms with Gasteiger partial charge in [-0.15, -0.1) is 0 Å². The highest BCUT2D eigenvalue weighted by Gasteiger charge is 2.14. The van der Waals surface area contributed by atoms with Crippen LogP contribution < -0.4 is 0 Å². The normalized spacial score (nSPS) is 11.6. The van der Waals surface area contributed by atoms with E-state index in [4.69, 9.17) is 9.61 Å². The number of nitrogens with zero attached hydrogens (tertiary/aromatic N) is 6. The summed E-state index contributed by atoms with van der Waals surface area (Å²) in [6, 6.07) is 9.85. The summed E-state index contributed by atoms with van der Waals surface area (Å²) in [6.07, 6.45) is 7.78. The third-order valence-corrected chi connectivity index (χ3v) is 4.30. The monoisotopic (exact) mass is 330 g/mol. The fraction of sp³-hybridized carbons (Fsp3) is 0.111. The molecule has 0 saturated carbocycles. The number of benzene rings is 1. The smallest absolute Gasteiger partial charge is 0.146 e. The molecule has 4 heterocycles. The van der Waals surface area contributed by atoms with Crippen LogP contribution in [0, 0.1) is 6.92 Å². The number of rotatable bonds is 3. The summed E-state index contributed by atoms with van der Waals surface area (Å²) in [5.41, 5.74) is 5.42. The van der Waals surface area contributed by atoms with Crippen molar-refractivity contribution >= 4 is 16.7 Å². The molecule has 0 atom stereocenters. The van der Waals surface area contributed by atoms with Gasteiger partial charge in [-0.3, -0.25) is 0 Å². The average molecular weight is 330 g/mol. The first kappa shape index (κ1) is 13.9. The van der Waals surface area contributed by atoms with Crippen LogP contribution in [0.4, 0.5) is 0 Å². The first-order valence-electron chi connectivity index (χ1n) is 7.95. The number of aromatic nitrogens is 6. The van der Waals surface area contributed by atoms with E-state index in [1.807, 2.05) is 47.3 Å². The van der Waals surface area contributed by atoms with Crippen LogP contribution in [0.15, 0.2) is 59.7 Å². The van der Waals surface area contributed by atoms with Crippen LogP contribution in [0.3, 0.4) is 0 Å². The average Bonchev–Trinajstić information content (AvgIpc) is 3.33. The van der Waals surface area contributed by atoms with Crippen molar-refractivity contribution in [1.29, 1.82) is 0 Å². The molecule has 0 spiro atoms. The van der Waals surface area contributed by atoms with Crippen molar-refractivity contribution in [3.63, 3.8) is 0 Å². The van der Waals surface area contributed by atoms with E-state index in [-0.39, 0.29) is 0 Å². The second-order valence-corrected chi connectivity index (χ2v) is 5.97. The van der Waals surface area contributed by atoms with Gasteiger partial charge < -0.3 is 8.97 Å². The Hall–Kier alpha value is -3.48. The Morgan fingerprint density at radius 2 is 2.04 bits per heavy atom. The zero-order chi connectivity index (χ0) is 16.8. The van der Waals surface area contributed by atoms with Crippen molar-refractivity contribution < 1.29 is 4.63 Å². The highest BCUT2D eigenvalue weighted by molar-refractivity contribution is 5.88. The molecule has 5 rings (SSSR count).